The summed E-state index contributed by atoms with van der Waals surface area (Å²) in [6, 6.07) is 10.3. The number of urea groups is 1. The van der Waals surface area contributed by atoms with Crippen LogP contribution in [-0.4, -0.2) is 60.9 Å². The van der Waals surface area contributed by atoms with E-state index < -0.39 is 0 Å². The Kier molecular flexibility index (Phi) is 6.40. The van der Waals surface area contributed by atoms with E-state index in [4.69, 9.17) is 4.74 Å². The van der Waals surface area contributed by atoms with E-state index >= 15 is 0 Å². The van der Waals surface area contributed by atoms with Crippen LogP contribution in [0.15, 0.2) is 30.3 Å². The molecule has 0 saturated carbocycles. The lowest BCUT2D eigenvalue weighted by Crippen LogP contribution is -2.47. The standard InChI is InChI=1S/C26H32FN5O3/c1-16-11-20(19-3-4-22-23(13-19)30-25(29-22)28-17(2)33)12-21-15-32(9-10-35-24(16)21)26(34)31-7-5-18(14-27)6-8-31/h3-4,11-13,18,25,29-30H,5-10,14-15H2,1-2H3,(H,28,33). The molecule has 0 aliphatic carbocycles. The number of piperidine rings is 1. The largest absolute Gasteiger partial charge is 0.491 e. The molecule has 0 spiro atoms. The van der Waals surface area contributed by atoms with Crippen LogP contribution in [-0.2, 0) is 11.3 Å². The highest BCUT2D eigenvalue weighted by atomic mass is 19.1. The molecule has 3 heterocycles. The number of carbonyl (C=O) groups is 2. The topological polar surface area (TPSA) is 85.9 Å². The van der Waals surface area contributed by atoms with Crippen LogP contribution in [0.25, 0.3) is 11.1 Å². The van der Waals surface area contributed by atoms with Crippen molar-refractivity contribution in [1.29, 1.82) is 0 Å². The first-order valence-corrected chi connectivity index (χ1v) is 12.2. The third-order valence-electron chi connectivity index (χ3n) is 6.99. The number of halogens is 1. The molecule has 2 aromatic rings. The van der Waals surface area contributed by atoms with E-state index in [9.17, 15) is 14.0 Å². The van der Waals surface area contributed by atoms with Gasteiger partial charge in [-0.1, -0.05) is 6.07 Å². The van der Waals surface area contributed by atoms with Crippen molar-refractivity contribution in [2.24, 2.45) is 5.92 Å². The fraction of sp³-hybridized carbons (Fsp3) is 0.462. The lowest BCUT2D eigenvalue weighted by atomic mass is 9.98. The number of ether oxygens (including phenoxy) is 1. The average Bonchev–Trinajstić information content (AvgIpc) is 3.11. The maximum atomic E-state index is 13.2. The molecule has 1 atom stereocenters. The Morgan fingerprint density at radius 3 is 2.57 bits per heavy atom. The van der Waals surface area contributed by atoms with Gasteiger partial charge in [0.05, 0.1) is 31.1 Å². The zero-order valence-corrected chi connectivity index (χ0v) is 20.2. The van der Waals surface area contributed by atoms with Crippen LogP contribution in [0.4, 0.5) is 20.6 Å². The van der Waals surface area contributed by atoms with Crippen LogP contribution < -0.4 is 20.7 Å². The molecule has 2 aromatic carbocycles. The number of hydrogen-bond acceptors (Lipinski definition) is 5. The Labute approximate surface area is 204 Å². The van der Waals surface area contributed by atoms with Crippen molar-refractivity contribution < 1.29 is 18.7 Å². The van der Waals surface area contributed by atoms with E-state index in [1.54, 1.807) is 0 Å². The lowest BCUT2D eigenvalue weighted by molar-refractivity contribution is -0.119. The Morgan fingerprint density at radius 1 is 1.06 bits per heavy atom. The first kappa shape index (κ1) is 23.3. The maximum Gasteiger partial charge on any atom is 0.320 e. The highest BCUT2D eigenvalue weighted by molar-refractivity contribution is 5.83. The van der Waals surface area contributed by atoms with Gasteiger partial charge in [0, 0.05) is 25.6 Å². The summed E-state index contributed by atoms with van der Waals surface area (Å²) < 4.78 is 19.1. The summed E-state index contributed by atoms with van der Waals surface area (Å²) in [4.78, 5) is 28.3. The van der Waals surface area contributed by atoms with Gasteiger partial charge < -0.3 is 30.5 Å². The summed E-state index contributed by atoms with van der Waals surface area (Å²) in [6.07, 6.45) is 1.10. The Hall–Kier alpha value is -3.49. The number of fused-ring (bicyclic) bond motifs is 2. The number of aryl methyl sites for hydroxylation is 1. The van der Waals surface area contributed by atoms with Gasteiger partial charge in [-0.05, 0) is 66.6 Å². The summed E-state index contributed by atoms with van der Waals surface area (Å²) in [5.74, 6) is 0.796. The average molecular weight is 482 g/mol. The number of amides is 3. The van der Waals surface area contributed by atoms with E-state index in [1.165, 1.54) is 6.92 Å². The normalized spacial score (nSPS) is 19.6. The Morgan fingerprint density at radius 2 is 1.83 bits per heavy atom. The molecular weight excluding hydrogens is 449 g/mol. The molecule has 9 heteroatoms. The van der Waals surface area contributed by atoms with Crippen molar-refractivity contribution >= 4 is 23.3 Å². The van der Waals surface area contributed by atoms with Gasteiger partial charge in [0.15, 0.2) is 6.29 Å². The quantitative estimate of drug-likeness (QED) is 0.619. The number of hydrogen-bond donors (Lipinski definition) is 3. The van der Waals surface area contributed by atoms with Crippen molar-refractivity contribution in [2.45, 2.75) is 39.5 Å². The first-order valence-electron chi connectivity index (χ1n) is 12.2. The molecule has 1 unspecified atom stereocenters. The highest BCUT2D eigenvalue weighted by Gasteiger charge is 2.29. The second-order valence-electron chi connectivity index (χ2n) is 9.60. The van der Waals surface area contributed by atoms with E-state index in [2.05, 4.69) is 34.1 Å². The van der Waals surface area contributed by atoms with E-state index in [0.717, 1.165) is 52.2 Å². The van der Waals surface area contributed by atoms with Crippen LogP contribution in [0.3, 0.4) is 0 Å². The molecule has 1 saturated heterocycles. The minimum Gasteiger partial charge on any atom is -0.491 e. The lowest BCUT2D eigenvalue weighted by Gasteiger charge is -2.34. The van der Waals surface area contributed by atoms with Crippen LogP contribution in [0, 0.1) is 12.8 Å². The van der Waals surface area contributed by atoms with Crippen LogP contribution in [0.2, 0.25) is 0 Å². The zero-order valence-electron chi connectivity index (χ0n) is 20.2. The summed E-state index contributed by atoms with van der Waals surface area (Å²) >= 11 is 0. The van der Waals surface area contributed by atoms with Gasteiger partial charge in [-0.15, -0.1) is 0 Å². The Bertz CT molecular complexity index is 1130. The molecule has 0 bridgehead atoms. The number of benzene rings is 2. The van der Waals surface area contributed by atoms with Crippen LogP contribution >= 0.6 is 0 Å². The van der Waals surface area contributed by atoms with Crippen LogP contribution in [0.5, 0.6) is 5.75 Å². The monoisotopic (exact) mass is 481 g/mol. The smallest absolute Gasteiger partial charge is 0.320 e. The van der Waals surface area contributed by atoms with Gasteiger partial charge in [0.1, 0.15) is 12.4 Å². The fourth-order valence-electron chi connectivity index (χ4n) is 5.11. The van der Waals surface area contributed by atoms with E-state index in [-0.39, 0.29) is 30.8 Å². The number of carbonyl (C=O) groups excluding carboxylic acids is 2. The van der Waals surface area contributed by atoms with E-state index in [0.29, 0.717) is 32.8 Å². The number of alkyl halides is 1. The minimum atomic E-state index is -0.338. The second kappa shape index (κ2) is 9.64. The summed E-state index contributed by atoms with van der Waals surface area (Å²) in [6.45, 7) is 5.85. The number of likely N-dealkylation sites (tertiary alicyclic amines) is 1. The molecule has 0 radical (unpaired) electrons. The van der Waals surface area contributed by atoms with Gasteiger partial charge in [0.25, 0.3) is 0 Å². The Balaban J connectivity index is 1.36. The number of rotatable bonds is 3. The maximum absolute atomic E-state index is 13.2. The van der Waals surface area contributed by atoms with E-state index in [1.807, 2.05) is 28.9 Å². The van der Waals surface area contributed by atoms with Gasteiger partial charge in [-0.3, -0.25) is 9.18 Å². The van der Waals surface area contributed by atoms with Crippen molar-refractivity contribution in [2.75, 3.05) is 43.5 Å². The summed E-state index contributed by atoms with van der Waals surface area (Å²) in [5.41, 5.74) is 5.91. The molecule has 0 aromatic heterocycles. The molecular formula is C26H32FN5O3. The predicted octanol–water partition coefficient (Wildman–Crippen LogP) is 3.92. The molecule has 1 fully saturated rings. The van der Waals surface area contributed by atoms with Crippen molar-refractivity contribution in [3.05, 3.63) is 41.5 Å². The molecule has 3 amide bonds. The third-order valence-corrected chi connectivity index (χ3v) is 6.99. The molecule has 8 nitrogen and oxygen atoms in total. The first-order chi connectivity index (χ1) is 16.9. The van der Waals surface area contributed by atoms with Gasteiger partial charge in [0.2, 0.25) is 5.91 Å². The second-order valence-corrected chi connectivity index (χ2v) is 9.60. The highest BCUT2D eigenvalue weighted by Crippen LogP contribution is 2.37. The molecule has 3 aliphatic rings. The molecule has 3 N–H and O–H groups in total. The van der Waals surface area contributed by atoms with Crippen LogP contribution in [0.1, 0.15) is 30.9 Å². The fourth-order valence-corrected chi connectivity index (χ4v) is 5.11. The summed E-state index contributed by atoms with van der Waals surface area (Å²) in [7, 11) is 0. The number of nitrogens with zero attached hydrogens (tertiary/aromatic N) is 2. The minimum absolute atomic E-state index is 0.00127. The van der Waals surface area contributed by atoms with Gasteiger partial charge in [-0.25, -0.2) is 4.79 Å². The zero-order chi connectivity index (χ0) is 24.5. The number of anilines is 2. The van der Waals surface area contributed by atoms with Gasteiger partial charge >= 0.3 is 6.03 Å². The van der Waals surface area contributed by atoms with Crippen molar-refractivity contribution in [3.8, 4) is 16.9 Å². The number of nitrogens with one attached hydrogen (secondary N) is 3. The van der Waals surface area contributed by atoms with Crippen molar-refractivity contribution in [1.82, 2.24) is 15.1 Å². The third kappa shape index (κ3) is 4.85. The van der Waals surface area contributed by atoms with Gasteiger partial charge in [-0.2, -0.15) is 0 Å². The summed E-state index contributed by atoms with van der Waals surface area (Å²) in [5, 5.41) is 9.33. The molecule has 35 heavy (non-hydrogen) atoms. The molecule has 186 valence electrons. The SMILES string of the molecule is CC(=O)NC1Nc2ccc(-c3cc(C)c4c(c3)CN(C(=O)N3CCC(CF)CC3)CCO4)cc2N1. The predicted molar refractivity (Wildman–Crippen MR) is 133 cm³/mol. The molecule has 5 rings (SSSR count). The van der Waals surface area contributed by atoms with Crippen molar-refractivity contribution in [3.63, 3.8) is 0 Å². The molecule has 3 aliphatic heterocycles.